The third kappa shape index (κ3) is 7.75. The number of aryl methyl sites for hydroxylation is 2. The van der Waals surface area contributed by atoms with Crippen LogP contribution in [0.2, 0.25) is 0 Å². The van der Waals surface area contributed by atoms with Crippen molar-refractivity contribution in [2.75, 3.05) is 4.90 Å². The molecule has 18 rings (SSSR count). The van der Waals surface area contributed by atoms with Crippen molar-refractivity contribution in [1.29, 1.82) is 0 Å². The Kier molecular flexibility index (Phi) is 10.7. The average molecular weight is 1150 g/mol. The van der Waals surface area contributed by atoms with Gasteiger partial charge in [0.2, 0.25) is 23.6 Å². The molecule has 2 aliphatic rings. The number of hydrogen-bond donors (Lipinski definition) is 0. The summed E-state index contributed by atoms with van der Waals surface area (Å²) in [5.41, 5.74) is 16.2. The number of hydrogen-bond acceptors (Lipinski definition) is 16. The van der Waals surface area contributed by atoms with E-state index in [0.29, 0.717) is 46.7 Å². The van der Waals surface area contributed by atoms with Gasteiger partial charge in [-0.3, -0.25) is 19.9 Å². The van der Waals surface area contributed by atoms with Crippen molar-refractivity contribution in [3.05, 3.63) is 229 Å². The molecule has 0 radical (unpaired) electrons. The molecule has 11 heterocycles. The van der Waals surface area contributed by atoms with E-state index in [4.69, 9.17) is 37.7 Å². The predicted molar refractivity (Wildman–Crippen MR) is 336 cm³/mol. The maximum Gasteiger partial charge on any atom is 0.266 e. The Hall–Kier alpha value is -11.6. The van der Waals surface area contributed by atoms with Crippen LogP contribution in [0.4, 0.5) is 11.4 Å². The van der Waals surface area contributed by atoms with E-state index in [-0.39, 0.29) is 12.0 Å². The quantitative estimate of drug-likeness (QED) is 0.133. The minimum absolute atomic E-state index is 0.0781. The lowest BCUT2D eigenvalue weighted by Crippen LogP contribution is -2.29. The molecule has 6 aromatic carbocycles. The summed E-state index contributed by atoms with van der Waals surface area (Å²) in [4.78, 5) is 21.4. The zero-order valence-electron chi connectivity index (χ0n) is 46.2. The minimum atomic E-state index is -0.0890. The third-order valence-electron chi connectivity index (χ3n) is 16.8. The van der Waals surface area contributed by atoms with Crippen LogP contribution in [0.15, 0.2) is 225 Å². The molecular weight excluding hydrogens is 1100 g/mol. The van der Waals surface area contributed by atoms with E-state index in [0.717, 1.165) is 131 Å². The Morgan fingerprint density at radius 1 is 0.448 bits per heavy atom. The van der Waals surface area contributed by atoms with Crippen LogP contribution in [0.3, 0.4) is 0 Å². The molecule has 16 nitrogen and oxygen atoms in total. The minimum Gasteiger partial charge on any atom is -0.456 e. The summed E-state index contributed by atoms with van der Waals surface area (Å²) >= 11 is 1.66. The van der Waals surface area contributed by atoms with Gasteiger partial charge >= 0.3 is 0 Å². The van der Waals surface area contributed by atoms with Crippen LogP contribution in [-0.2, 0) is 0 Å². The molecule has 10 aromatic heterocycles. The summed E-state index contributed by atoms with van der Waals surface area (Å²) < 4.78 is 30.1. The number of anilines is 2. The van der Waals surface area contributed by atoms with Crippen molar-refractivity contribution >= 4 is 92.2 Å². The molecule has 0 spiro atoms. The maximum absolute atomic E-state index is 6.86. The fourth-order valence-corrected chi connectivity index (χ4v) is 13.9. The number of allylic oxidation sites excluding steroid dienone is 2. The molecule has 0 saturated heterocycles. The second kappa shape index (κ2) is 19.0. The van der Waals surface area contributed by atoms with Crippen LogP contribution in [0.5, 0.6) is 0 Å². The van der Waals surface area contributed by atoms with E-state index in [9.17, 15) is 0 Å². The SMILES string of the molecule is Cc1cc(N2c3ccncc3C3C=C(c4cc5c(cc4-c4nnc(-c6ccccc6)o4)sc4cc(-c6nnc(-c7ccccc7)o6)ncc45)C=CC32)cc2c1oc1c(C)cc(-n3c4ccncc4c4cnc(-c5nnc(-c6ccccc6)o5)cc43)cc12. The molecule has 0 saturated carbocycles. The molecule has 87 heavy (non-hydrogen) atoms. The lowest BCUT2D eigenvalue weighted by atomic mass is 9.85. The van der Waals surface area contributed by atoms with Crippen LogP contribution in [-0.4, -0.2) is 61.1 Å². The van der Waals surface area contributed by atoms with Crippen molar-refractivity contribution in [2.24, 2.45) is 0 Å². The van der Waals surface area contributed by atoms with Gasteiger partial charge in [0.25, 0.3) is 11.8 Å². The number of thiophene rings is 1. The first kappa shape index (κ1) is 48.9. The van der Waals surface area contributed by atoms with Gasteiger partial charge in [-0.25, -0.2) is 0 Å². The first-order valence-electron chi connectivity index (χ1n) is 28.3. The van der Waals surface area contributed by atoms with Crippen LogP contribution >= 0.6 is 11.3 Å². The Morgan fingerprint density at radius 3 is 1.70 bits per heavy atom. The van der Waals surface area contributed by atoms with Gasteiger partial charge in [-0.2, -0.15) is 0 Å². The predicted octanol–water partition coefficient (Wildman–Crippen LogP) is 16.7. The largest absolute Gasteiger partial charge is 0.456 e. The monoisotopic (exact) mass is 1150 g/mol. The maximum atomic E-state index is 6.86. The first-order chi connectivity index (χ1) is 42.9. The van der Waals surface area contributed by atoms with Crippen molar-refractivity contribution in [3.63, 3.8) is 0 Å². The van der Waals surface area contributed by atoms with Gasteiger partial charge in [0, 0.05) is 130 Å². The van der Waals surface area contributed by atoms with Gasteiger partial charge in [-0.05, 0) is 133 Å². The summed E-state index contributed by atoms with van der Waals surface area (Å²) in [5, 5.41) is 32.8. The van der Waals surface area contributed by atoms with Gasteiger partial charge in [0.1, 0.15) is 22.6 Å². The van der Waals surface area contributed by atoms with Crippen molar-refractivity contribution in [1.82, 2.24) is 55.1 Å². The van der Waals surface area contributed by atoms with E-state index in [1.807, 2.05) is 146 Å². The molecule has 17 heteroatoms. The van der Waals surface area contributed by atoms with E-state index >= 15 is 0 Å². The third-order valence-corrected chi connectivity index (χ3v) is 17.9. The number of pyridine rings is 4. The highest BCUT2D eigenvalue weighted by molar-refractivity contribution is 7.25. The van der Waals surface area contributed by atoms with E-state index in [1.165, 1.54) is 0 Å². The molecule has 0 N–H and O–H groups in total. The van der Waals surface area contributed by atoms with Crippen molar-refractivity contribution in [3.8, 4) is 74.7 Å². The highest BCUT2D eigenvalue weighted by atomic mass is 32.1. The Bertz CT molecular complexity index is 5550. The summed E-state index contributed by atoms with van der Waals surface area (Å²) in [6.45, 7) is 4.24. The molecule has 1 aliphatic heterocycles. The molecule has 0 bridgehead atoms. The molecule has 412 valence electrons. The standard InChI is InChI=1S/C70H42N12O4S/c1-37-24-43(27-48-49-28-44(25-38(2)64(49)83-63(37)48)82-59-21-23-72-34-52(59)53-35-73-55(31-60(53)82)69-79-76-66(85-69)40-14-8-4-9-15-40)81-57-19-18-42(26-46(57)51-33-71-22-20-58(51)81)45-29-47-54-36-74-56(70-80-77-67(86-70)41-16-10-5-11-17-41)32-62(54)87-61(47)30-50(45)68-78-75-65(84-68)39-12-6-3-7-13-39/h3-36,46,57H,1-2H3. The van der Waals surface area contributed by atoms with Crippen molar-refractivity contribution < 1.29 is 17.7 Å². The number of aromatic nitrogens is 11. The lowest BCUT2D eigenvalue weighted by Gasteiger charge is -2.30. The second-order valence-corrected chi connectivity index (χ2v) is 23.0. The zero-order valence-corrected chi connectivity index (χ0v) is 47.0. The Balaban J connectivity index is 0.740. The normalized spacial score (nSPS) is 14.8. The number of benzene rings is 6. The second-order valence-electron chi connectivity index (χ2n) is 21.9. The summed E-state index contributed by atoms with van der Waals surface area (Å²) in [5.74, 6) is 2.32. The number of furan rings is 1. The van der Waals surface area contributed by atoms with E-state index < -0.39 is 0 Å². The molecule has 16 aromatic rings. The summed E-state index contributed by atoms with van der Waals surface area (Å²) in [7, 11) is 0. The smallest absolute Gasteiger partial charge is 0.266 e. The molecule has 0 amide bonds. The number of nitrogens with zero attached hydrogens (tertiary/aromatic N) is 12. The molecule has 0 fully saturated rings. The van der Waals surface area contributed by atoms with Crippen LogP contribution in [0.1, 0.15) is 28.2 Å². The molecular formula is C70H42N12O4S. The highest BCUT2D eigenvalue weighted by Crippen LogP contribution is 2.52. The van der Waals surface area contributed by atoms with Crippen LogP contribution in [0.25, 0.3) is 144 Å². The van der Waals surface area contributed by atoms with Gasteiger partial charge in [-0.15, -0.1) is 41.9 Å². The fourth-order valence-electron chi connectivity index (χ4n) is 12.7. The van der Waals surface area contributed by atoms with E-state index in [1.54, 1.807) is 11.3 Å². The molecule has 1 aliphatic carbocycles. The summed E-state index contributed by atoms with van der Waals surface area (Å²) in [6.07, 6.45) is 18.3. The number of fused-ring (bicyclic) bond motifs is 12. The molecule has 2 atom stereocenters. The first-order valence-corrected chi connectivity index (χ1v) is 29.1. The molecule has 2 unspecified atom stereocenters. The fraction of sp³-hybridized carbons (Fsp3) is 0.0571. The van der Waals surface area contributed by atoms with Gasteiger partial charge in [0.15, 0.2) is 0 Å². The van der Waals surface area contributed by atoms with Gasteiger partial charge in [0.05, 0.1) is 17.1 Å². The van der Waals surface area contributed by atoms with Gasteiger partial charge < -0.3 is 27.1 Å². The topological polar surface area (TPSA) is 190 Å². The van der Waals surface area contributed by atoms with Crippen molar-refractivity contribution in [2.45, 2.75) is 25.8 Å². The number of rotatable bonds is 9. The zero-order chi connectivity index (χ0) is 57.4. The Morgan fingerprint density at radius 2 is 1.01 bits per heavy atom. The van der Waals surface area contributed by atoms with E-state index in [2.05, 4.69) is 114 Å². The highest BCUT2D eigenvalue weighted by Gasteiger charge is 2.40. The average Bonchev–Trinajstić information content (AvgIpc) is 1.68. The summed E-state index contributed by atoms with van der Waals surface area (Å²) in [6, 6.07) is 50.8. The Labute approximate surface area is 497 Å². The lowest BCUT2D eigenvalue weighted by molar-refractivity contribution is 0.582. The van der Waals surface area contributed by atoms with Crippen LogP contribution in [0, 0.1) is 13.8 Å². The van der Waals surface area contributed by atoms with Crippen LogP contribution < -0.4 is 4.90 Å². The van der Waals surface area contributed by atoms with Gasteiger partial charge in [-0.1, -0.05) is 72.8 Å².